The van der Waals surface area contributed by atoms with E-state index in [9.17, 15) is 5.11 Å². The molecule has 0 heterocycles. The van der Waals surface area contributed by atoms with E-state index in [1.165, 1.54) is 0 Å². The van der Waals surface area contributed by atoms with E-state index < -0.39 is 6.10 Å². The molecule has 3 nitrogen and oxygen atoms in total. The summed E-state index contributed by atoms with van der Waals surface area (Å²) in [5.41, 5.74) is 2.01. The van der Waals surface area contributed by atoms with Crippen LogP contribution in [0, 0.1) is 0 Å². The van der Waals surface area contributed by atoms with Crippen LogP contribution in [0.1, 0.15) is 11.7 Å². The number of aliphatic hydroxyl groups excluding tert-OH is 1. The fourth-order valence-electron chi connectivity index (χ4n) is 1.25. The molecule has 0 amide bonds. The van der Waals surface area contributed by atoms with Crippen LogP contribution in [0.15, 0.2) is 24.3 Å². The zero-order valence-corrected chi connectivity index (χ0v) is 8.90. The van der Waals surface area contributed by atoms with Crippen molar-refractivity contribution in [1.29, 1.82) is 0 Å². The molecule has 1 N–H and O–H groups in total. The molecule has 0 saturated carbocycles. The average molecular weight is 195 g/mol. The summed E-state index contributed by atoms with van der Waals surface area (Å²) in [5, 5.41) is 9.61. The third-order valence-corrected chi connectivity index (χ3v) is 2.12. The highest BCUT2D eigenvalue weighted by molar-refractivity contribution is 5.46. The van der Waals surface area contributed by atoms with E-state index in [4.69, 9.17) is 4.74 Å². The lowest BCUT2D eigenvalue weighted by molar-refractivity contribution is 0.0644. The Morgan fingerprint density at radius 1 is 1.29 bits per heavy atom. The topological polar surface area (TPSA) is 32.7 Å². The van der Waals surface area contributed by atoms with E-state index in [1.807, 2.05) is 43.3 Å². The van der Waals surface area contributed by atoms with E-state index >= 15 is 0 Å². The number of ether oxygens (including phenoxy) is 1. The van der Waals surface area contributed by atoms with Gasteiger partial charge in [-0.05, 0) is 17.7 Å². The number of hydrogen-bond acceptors (Lipinski definition) is 3. The first-order valence-corrected chi connectivity index (χ1v) is 4.59. The standard InChI is InChI=1S/C11H17NO2/c1-12(2)10-6-4-9(5-7-10)11(13)8-14-3/h4-7,11,13H,8H2,1-3H3. The smallest absolute Gasteiger partial charge is 0.102 e. The maximum atomic E-state index is 9.61. The Labute approximate surface area is 84.9 Å². The van der Waals surface area contributed by atoms with Gasteiger partial charge in [0, 0.05) is 26.9 Å². The summed E-state index contributed by atoms with van der Waals surface area (Å²) in [7, 11) is 5.55. The Bertz CT molecular complexity index is 269. The first kappa shape index (κ1) is 11.0. The molecule has 0 aliphatic heterocycles. The number of aliphatic hydroxyl groups is 1. The fraction of sp³-hybridized carbons (Fsp3) is 0.455. The van der Waals surface area contributed by atoms with E-state index in [2.05, 4.69) is 0 Å². The SMILES string of the molecule is COCC(O)c1ccc(N(C)C)cc1. The van der Waals surface area contributed by atoms with Crippen LogP contribution in [0.3, 0.4) is 0 Å². The van der Waals surface area contributed by atoms with Crippen LogP contribution in [-0.2, 0) is 4.74 Å². The predicted octanol–water partition coefficient (Wildman–Crippen LogP) is 1.43. The van der Waals surface area contributed by atoms with Gasteiger partial charge in [-0.2, -0.15) is 0 Å². The summed E-state index contributed by atoms with van der Waals surface area (Å²) in [5.74, 6) is 0. The van der Waals surface area contributed by atoms with E-state index in [1.54, 1.807) is 7.11 Å². The van der Waals surface area contributed by atoms with Crippen LogP contribution in [0.2, 0.25) is 0 Å². The zero-order valence-electron chi connectivity index (χ0n) is 8.90. The normalized spacial score (nSPS) is 12.6. The Morgan fingerprint density at radius 3 is 2.29 bits per heavy atom. The number of anilines is 1. The molecule has 3 heteroatoms. The largest absolute Gasteiger partial charge is 0.386 e. The van der Waals surface area contributed by atoms with Crippen LogP contribution in [-0.4, -0.2) is 32.9 Å². The minimum atomic E-state index is -0.531. The van der Waals surface area contributed by atoms with Gasteiger partial charge in [0.15, 0.2) is 0 Å². The Balaban J connectivity index is 2.72. The van der Waals surface area contributed by atoms with Gasteiger partial charge >= 0.3 is 0 Å². The number of benzene rings is 1. The van der Waals surface area contributed by atoms with Crippen molar-refractivity contribution in [1.82, 2.24) is 0 Å². The molecule has 14 heavy (non-hydrogen) atoms. The maximum Gasteiger partial charge on any atom is 0.102 e. The first-order chi connectivity index (χ1) is 6.65. The average Bonchev–Trinajstić information content (AvgIpc) is 2.18. The highest BCUT2D eigenvalue weighted by Crippen LogP contribution is 2.17. The second-order valence-electron chi connectivity index (χ2n) is 3.46. The molecule has 1 atom stereocenters. The van der Waals surface area contributed by atoms with Crippen molar-refractivity contribution < 1.29 is 9.84 Å². The fourth-order valence-corrected chi connectivity index (χ4v) is 1.25. The lowest BCUT2D eigenvalue weighted by Gasteiger charge is -2.14. The summed E-state index contributed by atoms with van der Waals surface area (Å²) < 4.78 is 4.88. The zero-order chi connectivity index (χ0) is 10.6. The Kier molecular flexibility index (Phi) is 3.92. The van der Waals surface area contributed by atoms with Crippen molar-refractivity contribution in [2.75, 3.05) is 32.7 Å². The molecule has 0 aliphatic carbocycles. The van der Waals surface area contributed by atoms with Crippen LogP contribution in [0.4, 0.5) is 5.69 Å². The van der Waals surface area contributed by atoms with Crippen molar-refractivity contribution in [3.8, 4) is 0 Å². The van der Waals surface area contributed by atoms with E-state index in [0.717, 1.165) is 11.3 Å². The molecular weight excluding hydrogens is 178 g/mol. The molecule has 78 valence electrons. The predicted molar refractivity (Wildman–Crippen MR) is 57.6 cm³/mol. The third-order valence-electron chi connectivity index (χ3n) is 2.12. The Hall–Kier alpha value is -1.06. The number of methoxy groups -OCH3 is 1. The molecule has 0 saturated heterocycles. The van der Waals surface area contributed by atoms with Gasteiger partial charge in [-0.3, -0.25) is 0 Å². The first-order valence-electron chi connectivity index (χ1n) is 4.59. The van der Waals surface area contributed by atoms with Gasteiger partial charge in [0.05, 0.1) is 6.61 Å². The number of rotatable bonds is 4. The monoisotopic (exact) mass is 195 g/mol. The summed E-state index contributed by atoms with van der Waals surface area (Å²) in [6.45, 7) is 0.335. The molecule has 0 spiro atoms. The minimum absolute atomic E-state index is 0.335. The van der Waals surface area contributed by atoms with Gasteiger partial charge in [0.1, 0.15) is 6.10 Å². The summed E-state index contributed by atoms with van der Waals surface area (Å²) in [6.07, 6.45) is -0.531. The van der Waals surface area contributed by atoms with Crippen LogP contribution in [0.25, 0.3) is 0 Å². The molecule has 1 aromatic rings. The summed E-state index contributed by atoms with van der Waals surface area (Å²) in [6, 6.07) is 7.79. The van der Waals surface area contributed by atoms with Crippen molar-refractivity contribution in [2.45, 2.75) is 6.10 Å². The summed E-state index contributed by atoms with van der Waals surface area (Å²) >= 11 is 0. The second-order valence-corrected chi connectivity index (χ2v) is 3.46. The van der Waals surface area contributed by atoms with Gasteiger partial charge in [0.2, 0.25) is 0 Å². The van der Waals surface area contributed by atoms with Crippen molar-refractivity contribution in [3.63, 3.8) is 0 Å². The molecule has 0 bridgehead atoms. The van der Waals surface area contributed by atoms with E-state index in [-0.39, 0.29) is 0 Å². The van der Waals surface area contributed by atoms with Crippen LogP contribution in [0.5, 0.6) is 0 Å². The number of nitrogens with zero attached hydrogens (tertiary/aromatic N) is 1. The molecule has 0 fully saturated rings. The Morgan fingerprint density at radius 2 is 1.86 bits per heavy atom. The molecule has 1 aromatic carbocycles. The molecule has 0 aromatic heterocycles. The lowest BCUT2D eigenvalue weighted by Crippen LogP contribution is -2.09. The maximum absolute atomic E-state index is 9.61. The van der Waals surface area contributed by atoms with Crippen molar-refractivity contribution in [2.24, 2.45) is 0 Å². The van der Waals surface area contributed by atoms with Gasteiger partial charge in [-0.15, -0.1) is 0 Å². The third kappa shape index (κ3) is 2.72. The van der Waals surface area contributed by atoms with Gasteiger partial charge in [-0.25, -0.2) is 0 Å². The van der Waals surface area contributed by atoms with Crippen LogP contribution < -0.4 is 4.90 Å². The molecule has 0 aliphatic rings. The van der Waals surface area contributed by atoms with Crippen LogP contribution >= 0.6 is 0 Å². The molecule has 1 rings (SSSR count). The van der Waals surface area contributed by atoms with Gasteiger partial charge < -0.3 is 14.7 Å². The minimum Gasteiger partial charge on any atom is -0.386 e. The second kappa shape index (κ2) is 4.98. The number of hydrogen-bond donors (Lipinski definition) is 1. The molecular formula is C11H17NO2. The highest BCUT2D eigenvalue weighted by atomic mass is 16.5. The summed E-state index contributed by atoms with van der Waals surface area (Å²) in [4.78, 5) is 2.02. The van der Waals surface area contributed by atoms with Gasteiger partial charge in [0.25, 0.3) is 0 Å². The van der Waals surface area contributed by atoms with E-state index in [0.29, 0.717) is 6.61 Å². The van der Waals surface area contributed by atoms with Gasteiger partial charge in [-0.1, -0.05) is 12.1 Å². The lowest BCUT2D eigenvalue weighted by atomic mass is 10.1. The highest BCUT2D eigenvalue weighted by Gasteiger charge is 2.06. The quantitative estimate of drug-likeness (QED) is 0.789. The van der Waals surface area contributed by atoms with Crippen molar-refractivity contribution in [3.05, 3.63) is 29.8 Å². The molecule has 0 radical (unpaired) electrons. The molecule has 1 unspecified atom stereocenters. The van der Waals surface area contributed by atoms with Crippen molar-refractivity contribution >= 4 is 5.69 Å².